The van der Waals surface area contributed by atoms with Crippen LogP contribution in [0.5, 0.6) is 0 Å². The zero-order valence-electron chi connectivity index (χ0n) is 15.8. The van der Waals surface area contributed by atoms with Gasteiger partial charge in [0, 0.05) is 28.2 Å². The summed E-state index contributed by atoms with van der Waals surface area (Å²) in [5, 5.41) is 0. The molecule has 0 saturated carbocycles. The molecule has 0 aromatic heterocycles. The Balaban J connectivity index is -0.000000749. The monoisotopic (exact) mass is 410 g/mol. The van der Waals surface area contributed by atoms with Gasteiger partial charge >= 0.3 is 33.9 Å². The van der Waals surface area contributed by atoms with Crippen molar-refractivity contribution >= 4 is 11.4 Å². The average molecular weight is 410 g/mol. The number of hydrogen-bond donors (Lipinski definition) is 0. The molecule has 0 unspecified atom stereocenters. The van der Waals surface area contributed by atoms with Gasteiger partial charge in [-0.3, -0.25) is 4.79 Å². The largest absolute Gasteiger partial charge is 0 e. The molecule has 0 atom stereocenters. The van der Waals surface area contributed by atoms with E-state index in [9.17, 15) is 4.79 Å². The molecule has 5 nitrogen and oxygen atoms in total. The van der Waals surface area contributed by atoms with Crippen molar-refractivity contribution in [3.8, 4) is 0 Å². The molecule has 1 aliphatic carbocycles. The fourth-order valence-electron chi connectivity index (χ4n) is 2.44. The van der Waals surface area contributed by atoms with E-state index in [1.165, 1.54) is 0 Å². The van der Waals surface area contributed by atoms with Crippen molar-refractivity contribution in [3.05, 3.63) is 73.3 Å². The first-order valence-corrected chi connectivity index (χ1v) is 7.71. The molecule has 1 aromatic carbocycles. The zero-order chi connectivity index (χ0) is 20.8. The van der Waals surface area contributed by atoms with Gasteiger partial charge in [0.05, 0.1) is 13.0 Å². The third-order valence-corrected chi connectivity index (χ3v) is 3.42. The molecule has 144 valence electrons. The van der Waals surface area contributed by atoms with Crippen molar-refractivity contribution in [2.75, 3.05) is 6.61 Å². The number of ketones is 1. The van der Waals surface area contributed by atoms with Gasteiger partial charge in [-0.25, -0.2) is 0 Å². The van der Waals surface area contributed by atoms with Gasteiger partial charge in [-0.2, -0.15) is 0 Å². The Morgan fingerprint density at radius 3 is 1.89 bits per heavy atom. The van der Waals surface area contributed by atoms with E-state index >= 15 is 0 Å². The van der Waals surface area contributed by atoms with Crippen LogP contribution in [0.25, 0.3) is 5.57 Å². The third kappa shape index (κ3) is 9.42. The van der Waals surface area contributed by atoms with Crippen LogP contribution in [0.1, 0.15) is 39.7 Å². The molecule has 0 bridgehead atoms. The van der Waals surface area contributed by atoms with Crippen LogP contribution in [0.3, 0.4) is 0 Å². The maximum absolute atomic E-state index is 12.3. The molecule has 0 radical (unpaired) electrons. The summed E-state index contributed by atoms with van der Waals surface area (Å²) in [6, 6.07) is 10.1. The molecule has 0 spiro atoms. The van der Waals surface area contributed by atoms with Gasteiger partial charge < -0.3 is 4.74 Å². The predicted molar refractivity (Wildman–Crippen MR) is 93.9 cm³/mol. The fourth-order valence-corrected chi connectivity index (χ4v) is 2.44. The summed E-state index contributed by atoms with van der Waals surface area (Å²) in [6.07, 6.45) is 2.37. The van der Waals surface area contributed by atoms with Crippen LogP contribution >= 0.6 is 0 Å². The second kappa shape index (κ2) is 16.1. The minimum absolute atomic E-state index is 0. The Bertz CT molecular complexity index is 675. The van der Waals surface area contributed by atoms with Crippen LogP contribution < -0.4 is 0 Å². The molecular formula is C21H22FeO5. The maximum Gasteiger partial charge on any atom is 0 e. The number of carbonyl (C=O) groups is 1. The number of allylic oxidation sites excluding steroid dienone is 4. The number of benzene rings is 1. The summed E-state index contributed by atoms with van der Waals surface area (Å²) in [5.74, 6) is 0.956. The topological polar surface area (TPSA) is 86.0 Å². The summed E-state index contributed by atoms with van der Waals surface area (Å²) in [7, 11) is 0. The second-order valence-electron chi connectivity index (χ2n) is 6.04. The Morgan fingerprint density at radius 2 is 1.48 bits per heavy atom. The van der Waals surface area contributed by atoms with Crippen molar-refractivity contribution in [2.24, 2.45) is 5.41 Å². The van der Waals surface area contributed by atoms with E-state index < -0.39 is 0 Å². The Morgan fingerprint density at radius 1 is 1.00 bits per heavy atom. The molecule has 2 rings (SSSR count). The first kappa shape index (κ1) is 29.7. The van der Waals surface area contributed by atoms with E-state index in [1.807, 2.05) is 31.2 Å². The minimum Gasteiger partial charge on any atom is 0 e. The summed E-state index contributed by atoms with van der Waals surface area (Å²) in [5.41, 5.74) is 2.87. The predicted octanol–water partition coefficient (Wildman–Crippen LogP) is 4.26. The molecule has 27 heavy (non-hydrogen) atoms. The van der Waals surface area contributed by atoms with Crippen LogP contribution in [0, 0.1) is 25.4 Å². The van der Waals surface area contributed by atoms with Crippen molar-refractivity contribution in [1.29, 1.82) is 0 Å². The summed E-state index contributed by atoms with van der Waals surface area (Å²) < 4.78 is 28.2. The number of Topliss-reactive ketones (excluding diaryl/α,β-unsaturated/α-hetero) is 1. The van der Waals surface area contributed by atoms with Crippen molar-refractivity contribution < 1.29 is 40.6 Å². The van der Waals surface area contributed by atoms with Crippen LogP contribution in [0.4, 0.5) is 0 Å². The first-order valence-electron chi connectivity index (χ1n) is 7.71. The van der Waals surface area contributed by atoms with Gasteiger partial charge in [-0.1, -0.05) is 51.1 Å². The van der Waals surface area contributed by atoms with E-state index in [0.29, 0.717) is 13.0 Å². The van der Waals surface area contributed by atoms with Crippen LogP contribution in [-0.4, -0.2) is 12.4 Å². The molecule has 0 amide bonds. The molecule has 0 aliphatic heterocycles. The molecule has 0 saturated heterocycles. The molecule has 0 heterocycles. The van der Waals surface area contributed by atoms with Crippen molar-refractivity contribution in [1.82, 2.24) is 0 Å². The minimum atomic E-state index is -0.144. The quantitative estimate of drug-likeness (QED) is 0.424. The van der Waals surface area contributed by atoms with Crippen molar-refractivity contribution in [2.45, 2.75) is 34.1 Å². The smallest absolute Gasteiger partial charge is 0 e. The van der Waals surface area contributed by atoms with Gasteiger partial charge in [-0.05, 0) is 24.0 Å². The van der Waals surface area contributed by atoms with Gasteiger partial charge in [-0.15, -0.1) is 0 Å². The summed E-state index contributed by atoms with van der Waals surface area (Å²) in [6.45, 7) is 22.3. The van der Waals surface area contributed by atoms with Crippen LogP contribution in [0.2, 0.25) is 0 Å². The third-order valence-electron chi connectivity index (χ3n) is 3.42. The molecule has 1 aliphatic rings. The molecule has 0 N–H and O–H groups in total. The number of rotatable bonds is 3. The van der Waals surface area contributed by atoms with E-state index in [4.69, 9.17) is 18.7 Å². The molecule has 6 heteroatoms. The normalized spacial score (nSPS) is 12.2. The molecular weight excluding hydrogens is 388 g/mol. The van der Waals surface area contributed by atoms with E-state index in [0.717, 1.165) is 22.5 Å². The van der Waals surface area contributed by atoms with Gasteiger partial charge in [0.2, 0.25) is 0 Å². The van der Waals surface area contributed by atoms with Crippen LogP contribution in [0.15, 0.2) is 47.7 Å². The average Bonchev–Trinajstić information content (AvgIpc) is 2.67. The fraction of sp³-hybridized carbons (Fsp3) is 0.333. The van der Waals surface area contributed by atoms with Gasteiger partial charge in [0.15, 0.2) is 5.78 Å². The first-order chi connectivity index (χ1) is 12.4. The zero-order valence-corrected chi connectivity index (χ0v) is 16.9. The Kier molecular flexibility index (Phi) is 17.7. The Labute approximate surface area is 171 Å². The number of carbonyl (C=O) groups excluding carboxylic acids is 1. The maximum atomic E-state index is 12.3. The Hall–Kier alpha value is -2.09. The molecule has 1 aromatic rings. The second-order valence-corrected chi connectivity index (χ2v) is 6.04. The SMILES string of the molecule is CCOC1=C(c2ccccc2)C=C(C(C)(C)C)C(=O)C1.[C-]#[O+].[C-]#[O+].[C-]#[O+].[Fe]. The standard InChI is InChI=1S/C18H22O2.3CO.Fe/c1-5-20-17-12-16(19)15(18(2,3)4)11-14(17)13-9-7-6-8-10-13;3*1-2;/h6-11H,5,12H2,1-4H3;;;;. The van der Waals surface area contributed by atoms with Crippen LogP contribution in [-0.2, 0) is 40.6 Å². The number of hydrogen-bond acceptors (Lipinski definition) is 2. The van der Waals surface area contributed by atoms with Gasteiger partial charge in [0.25, 0.3) is 0 Å². The van der Waals surface area contributed by atoms with Crippen molar-refractivity contribution in [3.63, 3.8) is 0 Å². The van der Waals surface area contributed by atoms with E-state index in [-0.39, 0.29) is 28.3 Å². The van der Waals surface area contributed by atoms with E-state index in [2.05, 4.69) is 52.9 Å². The number of ether oxygens (including phenoxy) is 1. The van der Waals surface area contributed by atoms with Gasteiger partial charge in [0.1, 0.15) is 5.76 Å². The summed E-state index contributed by atoms with van der Waals surface area (Å²) in [4.78, 5) is 12.3. The molecule has 0 fully saturated rings. The van der Waals surface area contributed by atoms with E-state index in [1.54, 1.807) is 0 Å². The summed E-state index contributed by atoms with van der Waals surface area (Å²) >= 11 is 0.